The molecule has 5 aromatic carbocycles. The molecular formula is C51H40F2N4O10. The lowest BCUT2D eigenvalue weighted by atomic mass is 9.89. The molecule has 8 rings (SSSR count). The number of carbonyl (C=O) groups excluding carboxylic acids is 4. The van der Waals surface area contributed by atoms with Crippen LogP contribution >= 0.6 is 0 Å². The smallest absolute Gasteiger partial charge is 0.337 e. The van der Waals surface area contributed by atoms with Gasteiger partial charge in [-0.15, -0.1) is 0 Å². The van der Waals surface area contributed by atoms with Crippen LogP contribution in [-0.2, 0) is 9.53 Å². The fourth-order valence-corrected chi connectivity index (χ4v) is 7.88. The number of aromatic hydroxyl groups is 1. The topological polar surface area (TPSA) is 213 Å². The molecule has 0 radical (unpaired) electrons. The molecule has 5 aromatic rings. The van der Waals surface area contributed by atoms with Gasteiger partial charge in [-0.1, -0.05) is 55.3 Å². The van der Waals surface area contributed by atoms with Crippen molar-refractivity contribution >= 4 is 63.3 Å². The Hall–Kier alpha value is -8.66. The van der Waals surface area contributed by atoms with Crippen molar-refractivity contribution in [2.75, 3.05) is 30.8 Å². The van der Waals surface area contributed by atoms with Gasteiger partial charge in [-0.2, -0.15) is 0 Å². The summed E-state index contributed by atoms with van der Waals surface area (Å²) >= 11 is 0. The minimum absolute atomic E-state index is 0.000735. The number of carboxylic acids is 1. The Kier molecular flexibility index (Phi) is 12.9. The summed E-state index contributed by atoms with van der Waals surface area (Å²) in [6, 6.07) is 28.5. The molecule has 0 spiro atoms. The van der Waals surface area contributed by atoms with Gasteiger partial charge in [0.2, 0.25) is 5.43 Å². The lowest BCUT2D eigenvalue weighted by molar-refractivity contribution is -0.110. The molecular weight excluding hydrogens is 867 g/mol. The average Bonchev–Trinajstić information content (AvgIpc) is 3.66. The minimum Gasteiger partial charge on any atom is -0.505 e. The molecule has 2 aliphatic heterocycles. The maximum atomic E-state index is 14.6. The van der Waals surface area contributed by atoms with Gasteiger partial charge in [-0.05, 0) is 84.6 Å². The molecule has 1 aliphatic carbocycles. The number of rotatable bonds is 15. The fraction of sp³-hybridized carbons (Fsp3) is 0.137. The third kappa shape index (κ3) is 9.45. The number of esters is 1. The second-order valence-electron chi connectivity index (χ2n) is 15.6. The Bertz CT molecular complexity index is 3190. The molecule has 0 saturated carbocycles. The summed E-state index contributed by atoms with van der Waals surface area (Å²) in [5, 5.41) is 32.1. The van der Waals surface area contributed by atoms with Crippen molar-refractivity contribution in [1.82, 2.24) is 10.6 Å². The maximum Gasteiger partial charge on any atom is 0.337 e. The van der Waals surface area contributed by atoms with E-state index in [-0.39, 0.29) is 62.9 Å². The zero-order valence-corrected chi connectivity index (χ0v) is 35.6. The van der Waals surface area contributed by atoms with Gasteiger partial charge in [-0.3, -0.25) is 19.2 Å². The van der Waals surface area contributed by atoms with E-state index in [2.05, 4.69) is 21.3 Å². The largest absolute Gasteiger partial charge is 0.505 e. The molecule has 338 valence electrons. The maximum absolute atomic E-state index is 14.6. The molecule has 14 nitrogen and oxygen atoms in total. The highest BCUT2D eigenvalue weighted by atomic mass is 19.1. The van der Waals surface area contributed by atoms with Crippen LogP contribution in [0.3, 0.4) is 0 Å². The van der Waals surface area contributed by atoms with Gasteiger partial charge >= 0.3 is 11.9 Å². The number of carbonyl (C=O) groups is 5. The normalized spacial score (nSPS) is 12.6. The molecule has 3 aliphatic rings. The van der Waals surface area contributed by atoms with Crippen molar-refractivity contribution in [3.63, 3.8) is 0 Å². The number of unbranched alkanes of at least 4 members (excludes halogenated alkanes) is 3. The number of nitrogens with one attached hydrogen (secondary N) is 4. The lowest BCUT2D eigenvalue weighted by Gasteiger charge is -2.17. The number of phenolic OH excluding ortho intramolecular Hbond substituents is 1. The molecule has 6 N–H and O–H groups in total. The molecule has 2 heterocycles. The molecule has 0 unspecified atom stereocenters. The van der Waals surface area contributed by atoms with E-state index in [1.807, 2.05) is 30.3 Å². The Morgan fingerprint density at radius 2 is 1.34 bits per heavy atom. The molecule has 67 heavy (non-hydrogen) atoms. The summed E-state index contributed by atoms with van der Waals surface area (Å²) in [5.74, 6) is -6.18. The second-order valence-corrected chi connectivity index (χ2v) is 15.6. The number of fused-ring (bicyclic) bond motifs is 3. The van der Waals surface area contributed by atoms with Crippen LogP contribution in [0.4, 0.5) is 20.2 Å². The Morgan fingerprint density at radius 1 is 0.687 bits per heavy atom. The van der Waals surface area contributed by atoms with E-state index in [0.29, 0.717) is 58.7 Å². The highest BCUT2D eigenvalue weighted by molar-refractivity contribution is 6.37. The SMILES string of the molecule is COC(=O)c1ccc2c(c1)NC(=O)/C2=C(\Nc1ccc(C(=O)NCCCCCCNC(=O)c2ccc(-c3c4cc(F)c(=O)cc-4oc4cc(O)c(F)cc34)c(C(=O)O)c2)cc1)c1ccccc1. The van der Waals surface area contributed by atoms with Crippen LogP contribution < -0.4 is 26.7 Å². The first-order chi connectivity index (χ1) is 32.3. The first-order valence-electron chi connectivity index (χ1n) is 21.0. The van der Waals surface area contributed by atoms with Gasteiger partial charge in [-0.25, -0.2) is 18.4 Å². The van der Waals surface area contributed by atoms with Gasteiger partial charge in [0.15, 0.2) is 17.4 Å². The van der Waals surface area contributed by atoms with Crippen molar-refractivity contribution in [3.8, 4) is 28.2 Å². The Balaban J connectivity index is 0.842. The summed E-state index contributed by atoms with van der Waals surface area (Å²) in [6.45, 7) is 0.686. The standard InChI is InChI=1S/C51H40F2N4O10/c1-66-51(65)30-14-18-33-39(22-30)57-49(62)45(33)46(27-9-5-4-6-10-27)56-31-15-11-28(12-16-31)47(60)54-19-7-2-3-8-20-55-48(61)29-13-17-32(34(21-29)50(63)64)44-35-23-37(52)40(58)25-42(35)67-43-26-41(59)38(53)24-36(43)44/h4-6,9-18,21-26,56,58H,2-3,7-8,19-20H2,1H3,(H,54,60)(H,55,61)(H,57,62)(H,63,64)/b46-45-. The predicted molar refractivity (Wildman–Crippen MR) is 246 cm³/mol. The number of amides is 3. The molecule has 0 bridgehead atoms. The quantitative estimate of drug-likeness (QED) is 0.0248. The monoisotopic (exact) mass is 906 g/mol. The van der Waals surface area contributed by atoms with Crippen LogP contribution in [0.25, 0.3) is 44.7 Å². The van der Waals surface area contributed by atoms with Gasteiger partial charge < -0.3 is 40.6 Å². The van der Waals surface area contributed by atoms with Crippen LogP contribution in [0.15, 0.2) is 124 Å². The predicted octanol–water partition coefficient (Wildman–Crippen LogP) is 8.69. The number of methoxy groups -OCH3 is 1. The summed E-state index contributed by atoms with van der Waals surface area (Å²) < 4.78 is 39.6. The van der Waals surface area contributed by atoms with E-state index in [0.717, 1.165) is 48.7 Å². The van der Waals surface area contributed by atoms with Crippen molar-refractivity contribution in [1.29, 1.82) is 0 Å². The van der Waals surface area contributed by atoms with Crippen molar-refractivity contribution < 1.29 is 52.1 Å². The first kappa shape index (κ1) is 44.9. The summed E-state index contributed by atoms with van der Waals surface area (Å²) in [5.41, 5.74) is 2.71. The summed E-state index contributed by atoms with van der Waals surface area (Å²) in [7, 11) is 1.29. The number of halogens is 2. The van der Waals surface area contributed by atoms with Crippen molar-refractivity contribution in [3.05, 3.63) is 170 Å². The Labute approximate surface area is 380 Å². The van der Waals surface area contributed by atoms with E-state index in [1.54, 1.807) is 42.5 Å². The summed E-state index contributed by atoms with van der Waals surface area (Å²) in [4.78, 5) is 76.2. The third-order valence-corrected chi connectivity index (χ3v) is 11.2. The lowest BCUT2D eigenvalue weighted by Crippen LogP contribution is -2.25. The third-order valence-electron chi connectivity index (χ3n) is 11.2. The number of benzene rings is 6. The van der Waals surface area contributed by atoms with E-state index in [9.17, 15) is 47.8 Å². The molecule has 0 aromatic heterocycles. The first-order valence-corrected chi connectivity index (χ1v) is 21.0. The van der Waals surface area contributed by atoms with Gasteiger partial charge in [0.25, 0.3) is 17.7 Å². The molecule has 3 amide bonds. The highest BCUT2D eigenvalue weighted by Crippen LogP contribution is 2.43. The van der Waals surface area contributed by atoms with Crippen LogP contribution in [0.1, 0.15) is 78.2 Å². The Morgan fingerprint density at radius 3 is 2.03 bits per heavy atom. The zero-order chi connectivity index (χ0) is 47.4. The van der Waals surface area contributed by atoms with E-state index >= 15 is 0 Å². The highest BCUT2D eigenvalue weighted by Gasteiger charge is 2.30. The molecule has 0 saturated heterocycles. The number of anilines is 2. The van der Waals surface area contributed by atoms with Crippen LogP contribution in [-0.4, -0.2) is 60.1 Å². The average molecular weight is 907 g/mol. The van der Waals surface area contributed by atoms with Crippen LogP contribution in [0.2, 0.25) is 0 Å². The van der Waals surface area contributed by atoms with Crippen molar-refractivity contribution in [2.45, 2.75) is 25.7 Å². The van der Waals surface area contributed by atoms with Gasteiger partial charge in [0.1, 0.15) is 11.3 Å². The van der Waals surface area contributed by atoms with E-state index < -0.39 is 40.7 Å². The van der Waals surface area contributed by atoms with Gasteiger partial charge in [0, 0.05) is 64.1 Å². The van der Waals surface area contributed by atoms with Crippen LogP contribution in [0.5, 0.6) is 5.75 Å². The molecule has 0 atom stereocenters. The zero-order valence-electron chi connectivity index (χ0n) is 35.6. The number of carboxylic acid groups (broad SMARTS) is 1. The fourth-order valence-electron chi connectivity index (χ4n) is 7.88. The van der Waals surface area contributed by atoms with Crippen molar-refractivity contribution in [2.24, 2.45) is 0 Å². The number of hydrogen-bond acceptors (Lipinski definition) is 10. The number of ether oxygens (including phenoxy) is 1. The number of phenols is 1. The summed E-state index contributed by atoms with van der Waals surface area (Å²) in [6.07, 6.45) is 2.72. The number of hydrogen-bond donors (Lipinski definition) is 6. The van der Waals surface area contributed by atoms with Crippen LogP contribution in [0, 0.1) is 11.6 Å². The van der Waals surface area contributed by atoms with Gasteiger partial charge in [0.05, 0.1) is 35.2 Å². The molecule has 0 fully saturated rings. The van der Waals surface area contributed by atoms with E-state index in [4.69, 9.17) is 9.15 Å². The molecule has 16 heteroatoms. The second kappa shape index (κ2) is 19.2. The van der Waals surface area contributed by atoms with E-state index in [1.165, 1.54) is 19.2 Å². The number of aromatic carboxylic acids is 1. The minimum atomic E-state index is -1.43.